The number of carbonyl (C=O) groups is 1. The zero-order valence-electron chi connectivity index (χ0n) is 15.8. The molecule has 0 N–H and O–H groups in total. The summed E-state index contributed by atoms with van der Waals surface area (Å²) in [5.41, 5.74) is 0.685. The van der Waals surface area contributed by atoms with Gasteiger partial charge in [-0.3, -0.25) is 9.48 Å². The number of likely N-dealkylation sites (tertiary alicyclic amines) is 1. The lowest BCUT2D eigenvalue weighted by molar-refractivity contribution is 0.0593. The Morgan fingerprint density at radius 3 is 2.92 bits per heavy atom. The first-order valence-electron chi connectivity index (χ1n) is 9.64. The largest absolute Gasteiger partial charge is 0.360 e. The Bertz CT molecular complexity index is 683. The molecule has 0 aliphatic carbocycles. The van der Waals surface area contributed by atoms with Crippen LogP contribution in [0.4, 0.5) is 5.82 Å². The van der Waals surface area contributed by atoms with E-state index in [1.54, 1.807) is 12.4 Å². The van der Waals surface area contributed by atoms with Gasteiger partial charge in [-0.15, -0.1) is 0 Å². The van der Waals surface area contributed by atoms with Crippen LogP contribution in [0.2, 0.25) is 0 Å². The van der Waals surface area contributed by atoms with Crippen LogP contribution >= 0.6 is 0 Å². The Kier molecular flexibility index (Phi) is 6.26. The highest BCUT2D eigenvalue weighted by atomic mass is 16.2. The predicted molar refractivity (Wildman–Crippen MR) is 103 cm³/mol. The lowest BCUT2D eigenvalue weighted by Crippen LogP contribution is -2.44. The third kappa shape index (κ3) is 4.42. The summed E-state index contributed by atoms with van der Waals surface area (Å²) in [7, 11) is 2.03. The van der Waals surface area contributed by atoms with Crippen molar-refractivity contribution in [3.63, 3.8) is 0 Å². The van der Waals surface area contributed by atoms with Crippen molar-refractivity contribution in [1.29, 1.82) is 0 Å². The van der Waals surface area contributed by atoms with Crippen molar-refractivity contribution in [1.82, 2.24) is 19.7 Å². The zero-order chi connectivity index (χ0) is 18.4. The van der Waals surface area contributed by atoms with Gasteiger partial charge in [0.05, 0.1) is 5.56 Å². The number of nitrogens with zero attached hydrogens (tertiary/aromatic N) is 5. The molecule has 2 aromatic heterocycles. The predicted octanol–water partition coefficient (Wildman–Crippen LogP) is 3.21. The minimum atomic E-state index is 0.104. The first kappa shape index (κ1) is 18.4. The average Bonchev–Trinajstić information content (AvgIpc) is 3.20. The van der Waals surface area contributed by atoms with Gasteiger partial charge in [0.25, 0.3) is 5.91 Å². The normalized spacial score (nSPS) is 17.3. The Labute approximate surface area is 155 Å². The second-order valence-corrected chi connectivity index (χ2v) is 7.03. The number of aryl methyl sites for hydroxylation is 1. The van der Waals surface area contributed by atoms with Gasteiger partial charge in [-0.1, -0.05) is 6.92 Å². The highest BCUT2D eigenvalue weighted by molar-refractivity contribution is 5.94. The van der Waals surface area contributed by atoms with E-state index in [2.05, 4.69) is 21.9 Å². The molecule has 0 saturated carbocycles. The Balaban J connectivity index is 1.65. The van der Waals surface area contributed by atoms with E-state index >= 15 is 0 Å². The Morgan fingerprint density at radius 1 is 1.35 bits per heavy atom. The summed E-state index contributed by atoms with van der Waals surface area (Å²) in [6.07, 6.45) is 10.8. The first-order chi connectivity index (χ1) is 12.7. The quantitative estimate of drug-likeness (QED) is 0.765. The van der Waals surface area contributed by atoms with Crippen LogP contribution in [-0.2, 0) is 6.54 Å². The molecule has 0 aromatic carbocycles. The van der Waals surface area contributed by atoms with E-state index in [1.165, 1.54) is 6.42 Å². The molecule has 6 heteroatoms. The zero-order valence-corrected chi connectivity index (χ0v) is 15.8. The van der Waals surface area contributed by atoms with E-state index in [-0.39, 0.29) is 11.9 Å². The Morgan fingerprint density at radius 2 is 2.23 bits per heavy atom. The topological polar surface area (TPSA) is 54.3 Å². The van der Waals surface area contributed by atoms with E-state index in [1.807, 2.05) is 41.0 Å². The molecule has 26 heavy (non-hydrogen) atoms. The standard InChI is InChI=1S/C20H29N5O/c1-3-12-23(2)19-9-8-17(16-21-19)20(26)25-14-5-4-7-18(25)10-15-24-13-6-11-22-24/h6,8-9,11,13,16,18H,3-5,7,10,12,14-15H2,1-2H3/t18-/m1/s1. The van der Waals surface area contributed by atoms with Gasteiger partial charge in [0, 0.05) is 51.3 Å². The molecule has 0 spiro atoms. The third-order valence-electron chi connectivity index (χ3n) is 5.08. The van der Waals surface area contributed by atoms with Gasteiger partial charge in [0.15, 0.2) is 0 Å². The van der Waals surface area contributed by atoms with Gasteiger partial charge < -0.3 is 9.80 Å². The fraction of sp³-hybridized carbons (Fsp3) is 0.550. The fourth-order valence-corrected chi connectivity index (χ4v) is 3.64. The van der Waals surface area contributed by atoms with E-state index in [0.717, 1.165) is 51.1 Å². The monoisotopic (exact) mass is 355 g/mol. The summed E-state index contributed by atoms with van der Waals surface area (Å²) >= 11 is 0. The molecule has 1 aliphatic rings. The molecule has 140 valence electrons. The summed E-state index contributed by atoms with van der Waals surface area (Å²) in [6, 6.07) is 6.08. The van der Waals surface area contributed by atoms with Gasteiger partial charge in [0.2, 0.25) is 0 Å². The highest BCUT2D eigenvalue weighted by Gasteiger charge is 2.27. The van der Waals surface area contributed by atoms with Gasteiger partial charge in [-0.25, -0.2) is 4.98 Å². The number of hydrogen-bond donors (Lipinski definition) is 0. The number of hydrogen-bond acceptors (Lipinski definition) is 4. The van der Waals surface area contributed by atoms with Crippen LogP contribution in [-0.4, -0.2) is 51.8 Å². The second kappa shape index (κ2) is 8.83. The number of anilines is 1. The number of rotatable bonds is 7. The van der Waals surface area contributed by atoms with E-state index in [9.17, 15) is 4.79 Å². The summed E-state index contributed by atoms with van der Waals surface area (Å²) in [4.78, 5) is 21.7. The molecule has 3 rings (SSSR count). The van der Waals surface area contributed by atoms with Gasteiger partial charge in [0.1, 0.15) is 5.82 Å². The summed E-state index contributed by atoms with van der Waals surface area (Å²) in [5, 5.41) is 4.27. The van der Waals surface area contributed by atoms with Crippen molar-refractivity contribution in [2.45, 2.75) is 51.6 Å². The van der Waals surface area contributed by atoms with Crippen LogP contribution in [0.15, 0.2) is 36.8 Å². The number of aromatic nitrogens is 3. The third-order valence-corrected chi connectivity index (χ3v) is 5.08. The van der Waals surface area contributed by atoms with E-state index < -0.39 is 0 Å². The number of amides is 1. The van der Waals surface area contributed by atoms with Crippen molar-refractivity contribution in [3.05, 3.63) is 42.4 Å². The van der Waals surface area contributed by atoms with Crippen molar-refractivity contribution in [2.75, 3.05) is 25.0 Å². The lowest BCUT2D eigenvalue weighted by Gasteiger charge is -2.36. The molecule has 2 aromatic rings. The average molecular weight is 355 g/mol. The molecule has 1 atom stereocenters. The molecule has 3 heterocycles. The molecule has 1 fully saturated rings. The minimum Gasteiger partial charge on any atom is -0.360 e. The van der Waals surface area contributed by atoms with Crippen molar-refractivity contribution >= 4 is 11.7 Å². The van der Waals surface area contributed by atoms with E-state index in [0.29, 0.717) is 5.56 Å². The first-order valence-corrected chi connectivity index (χ1v) is 9.64. The van der Waals surface area contributed by atoms with Crippen LogP contribution in [0.5, 0.6) is 0 Å². The lowest BCUT2D eigenvalue weighted by atomic mass is 9.98. The molecule has 1 aliphatic heterocycles. The van der Waals surface area contributed by atoms with Crippen LogP contribution in [0.1, 0.15) is 49.4 Å². The number of pyridine rings is 1. The molecule has 0 radical (unpaired) electrons. The van der Waals surface area contributed by atoms with E-state index in [4.69, 9.17) is 0 Å². The molecule has 6 nitrogen and oxygen atoms in total. The molecule has 0 unspecified atom stereocenters. The smallest absolute Gasteiger partial charge is 0.255 e. The summed E-state index contributed by atoms with van der Waals surface area (Å²) in [5.74, 6) is 1.02. The summed E-state index contributed by atoms with van der Waals surface area (Å²) in [6.45, 7) is 4.79. The molecular weight excluding hydrogens is 326 g/mol. The number of piperidine rings is 1. The van der Waals surface area contributed by atoms with Crippen LogP contribution in [0, 0.1) is 0 Å². The Hall–Kier alpha value is -2.37. The van der Waals surface area contributed by atoms with Crippen LogP contribution in [0.25, 0.3) is 0 Å². The fourth-order valence-electron chi connectivity index (χ4n) is 3.64. The maximum atomic E-state index is 13.0. The van der Waals surface area contributed by atoms with Crippen molar-refractivity contribution < 1.29 is 4.79 Å². The summed E-state index contributed by atoms with van der Waals surface area (Å²) < 4.78 is 1.94. The van der Waals surface area contributed by atoms with Crippen molar-refractivity contribution in [2.24, 2.45) is 0 Å². The van der Waals surface area contributed by atoms with Gasteiger partial charge in [-0.05, 0) is 50.3 Å². The SMILES string of the molecule is CCCN(C)c1ccc(C(=O)N2CCCC[C@@H]2CCn2cccn2)cn1. The molecule has 0 bridgehead atoms. The molecule has 1 amide bonds. The molecule has 1 saturated heterocycles. The van der Waals surface area contributed by atoms with Crippen LogP contribution in [0.3, 0.4) is 0 Å². The minimum absolute atomic E-state index is 0.104. The maximum Gasteiger partial charge on any atom is 0.255 e. The van der Waals surface area contributed by atoms with Gasteiger partial charge >= 0.3 is 0 Å². The number of carbonyl (C=O) groups excluding carboxylic acids is 1. The maximum absolute atomic E-state index is 13.0. The highest BCUT2D eigenvalue weighted by Crippen LogP contribution is 2.23. The van der Waals surface area contributed by atoms with Crippen molar-refractivity contribution in [3.8, 4) is 0 Å². The van der Waals surface area contributed by atoms with Gasteiger partial charge in [-0.2, -0.15) is 5.10 Å². The molecular formula is C20H29N5O. The van der Waals surface area contributed by atoms with Crippen LogP contribution < -0.4 is 4.90 Å². The second-order valence-electron chi connectivity index (χ2n) is 7.03.